The summed E-state index contributed by atoms with van der Waals surface area (Å²) in [4.78, 5) is 6.75. The molecule has 1 aliphatic carbocycles. The fraction of sp³-hybridized carbons (Fsp3) is 0.522. The Morgan fingerprint density at radius 1 is 1.08 bits per heavy atom. The smallest absolute Gasteiger partial charge is 0.424 e. The van der Waals surface area contributed by atoms with Crippen LogP contribution in [0.25, 0.3) is 5.95 Å². The lowest BCUT2D eigenvalue weighted by Gasteiger charge is -2.37. The zero-order valence-corrected chi connectivity index (χ0v) is 20.0. The van der Waals surface area contributed by atoms with Crippen molar-refractivity contribution in [2.24, 2.45) is 17.6 Å². The Morgan fingerprint density at radius 3 is 2.39 bits per heavy atom. The first-order valence-corrected chi connectivity index (χ1v) is 11.8. The zero-order valence-electron chi connectivity index (χ0n) is 20.0. The molecule has 0 spiro atoms. The molecule has 2 N–H and O–H groups in total. The van der Waals surface area contributed by atoms with Crippen molar-refractivity contribution >= 4 is 5.82 Å². The van der Waals surface area contributed by atoms with Crippen LogP contribution in [0.2, 0.25) is 0 Å². The number of halogens is 4. The van der Waals surface area contributed by atoms with Crippen LogP contribution in [0.15, 0.2) is 24.3 Å². The van der Waals surface area contributed by atoms with Gasteiger partial charge < -0.3 is 20.1 Å². The van der Waals surface area contributed by atoms with Crippen LogP contribution in [0.1, 0.15) is 38.4 Å². The summed E-state index contributed by atoms with van der Waals surface area (Å²) in [6.45, 7) is 7.26. The summed E-state index contributed by atoms with van der Waals surface area (Å²) < 4.78 is 64.1. The standard InChI is InChI=1S/C23H27F4N7O2/c1-12(2)33-22(35-16-6-7-18(17(24)9-16)36-23(25,26)27)29-21(31-33)34-19(8-13(3)30-34)32-10-14-4-5-15(11-32)20(14)28/h6-9,12,14-15,20H,4-5,10-11,28H2,1-3H3. The van der Waals surface area contributed by atoms with Gasteiger partial charge in [-0.2, -0.15) is 14.8 Å². The van der Waals surface area contributed by atoms with Crippen molar-refractivity contribution < 1.29 is 27.0 Å². The van der Waals surface area contributed by atoms with Crippen LogP contribution in [0.4, 0.5) is 23.4 Å². The monoisotopic (exact) mass is 509 g/mol. The van der Waals surface area contributed by atoms with Gasteiger partial charge in [0.25, 0.3) is 5.95 Å². The first kappa shape index (κ1) is 24.3. The Kier molecular flexibility index (Phi) is 6.05. The van der Waals surface area contributed by atoms with E-state index in [9.17, 15) is 17.6 Å². The van der Waals surface area contributed by atoms with E-state index < -0.39 is 17.9 Å². The Labute approximate surface area is 204 Å². The van der Waals surface area contributed by atoms with Crippen LogP contribution < -0.4 is 20.1 Å². The van der Waals surface area contributed by atoms with E-state index in [-0.39, 0.29) is 29.8 Å². The summed E-state index contributed by atoms with van der Waals surface area (Å²) >= 11 is 0. The Bertz CT molecular complexity index is 1240. The van der Waals surface area contributed by atoms with Gasteiger partial charge in [-0.1, -0.05) is 0 Å². The molecule has 0 radical (unpaired) electrons. The van der Waals surface area contributed by atoms with Gasteiger partial charge in [-0.05, 0) is 57.6 Å². The number of alkyl halides is 3. The third-order valence-electron chi connectivity index (χ3n) is 6.65. The number of hydrogen-bond acceptors (Lipinski definition) is 7. The number of ether oxygens (including phenoxy) is 2. The van der Waals surface area contributed by atoms with Crippen LogP contribution in [-0.4, -0.2) is 50.0 Å². The molecule has 2 fully saturated rings. The SMILES string of the molecule is Cc1cc(N2CC3CCC(C2)C3N)n(-c2nc(Oc3ccc(OC(F)(F)F)c(F)c3)n(C(C)C)n2)n1. The van der Waals surface area contributed by atoms with E-state index in [0.29, 0.717) is 11.8 Å². The molecule has 2 aliphatic rings. The van der Waals surface area contributed by atoms with E-state index in [1.165, 1.54) is 10.7 Å². The molecule has 3 aromatic rings. The van der Waals surface area contributed by atoms with Crippen molar-refractivity contribution in [3.63, 3.8) is 0 Å². The summed E-state index contributed by atoms with van der Waals surface area (Å²) in [5.74, 6) is -0.263. The van der Waals surface area contributed by atoms with Crippen molar-refractivity contribution in [1.29, 1.82) is 0 Å². The van der Waals surface area contributed by atoms with Crippen molar-refractivity contribution in [3.8, 4) is 23.5 Å². The van der Waals surface area contributed by atoms with Gasteiger partial charge in [0, 0.05) is 31.3 Å². The van der Waals surface area contributed by atoms with Gasteiger partial charge in [0.2, 0.25) is 0 Å². The molecule has 194 valence electrons. The normalized spacial score (nSPS) is 21.9. The highest BCUT2D eigenvalue weighted by Gasteiger charge is 2.41. The largest absolute Gasteiger partial charge is 0.573 e. The van der Waals surface area contributed by atoms with Crippen LogP contribution in [0.5, 0.6) is 17.5 Å². The molecule has 1 saturated carbocycles. The zero-order chi connectivity index (χ0) is 25.8. The van der Waals surface area contributed by atoms with E-state index >= 15 is 0 Å². The molecule has 1 aromatic carbocycles. The summed E-state index contributed by atoms with van der Waals surface area (Å²) in [5.41, 5.74) is 7.16. The third kappa shape index (κ3) is 4.71. The van der Waals surface area contributed by atoms with E-state index in [2.05, 4.69) is 24.8 Å². The Morgan fingerprint density at radius 2 is 1.78 bits per heavy atom. The number of piperidine rings is 1. The second-order valence-electron chi connectivity index (χ2n) is 9.61. The minimum absolute atomic E-state index is 0.0451. The number of fused-ring (bicyclic) bond motifs is 2. The molecule has 3 heterocycles. The molecule has 1 saturated heterocycles. The van der Waals surface area contributed by atoms with Gasteiger partial charge in [0.05, 0.1) is 11.7 Å². The topological polar surface area (TPSA) is 96.2 Å². The van der Waals surface area contributed by atoms with Gasteiger partial charge in [-0.15, -0.1) is 18.3 Å². The molecule has 36 heavy (non-hydrogen) atoms. The molecule has 1 aliphatic heterocycles. The third-order valence-corrected chi connectivity index (χ3v) is 6.65. The van der Waals surface area contributed by atoms with Crippen molar-refractivity contribution in [1.82, 2.24) is 24.5 Å². The highest BCUT2D eigenvalue weighted by atomic mass is 19.4. The molecular formula is C23H27F4N7O2. The van der Waals surface area contributed by atoms with Gasteiger partial charge in [0.15, 0.2) is 11.6 Å². The average Bonchev–Trinajstić information content (AvgIpc) is 3.42. The predicted octanol–water partition coefficient (Wildman–Crippen LogP) is 4.36. The summed E-state index contributed by atoms with van der Waals surface area (Å²) in [6.07, 6.45) is -2.79. The number of benzene rings is 1. The summed E-state index contributed by atoms with van der Waals surface area (Å²) in [6, 6.07) is 4.87. The maximum Gasteiger partial charge on any atom is 0.573 e. The van der Waals surface area contributed by atoms with E-state index in [1.54, 1.807) is 4.68 Å². The van der Waals surface area contributed by atoms with Gasteiger partial charge in [-0.25, -0.2) is 9.07 Å². The predicted molar refractivity (Wildman–Crippen MR) is 122 cm³/mol. The van der Waals surface area contributed by atoms with E-state index in [4.69, 9.17) is 10.5 Å². The Hall–Kier alpha value is -3.35. The fourth-order valence-electron chi connectivity index (χ4n) is 4.96. The maximum atomic E-state index is 14.2. The van der Waals surface area contributed by atoms with Crippen LogP contribution in [0, 0.1) is 24.6 Å². The Balaban J connectivity index is 1.44. The molecule has 13 heteroatoms. The molecule has 9 nitrogen and oxygen atoms in total. The van der Waals surface area contributed by atoms with Gasteiger partial charge >= 0.3 is 12.4 Å². The van der Waals surface area contributed by atoms with Gasteiger partial charge in [-0.3, -0.25) is 0 Å². The van der Waals surface area contributed by atoms with Crippen LogP contribution >= 0.6 is 0 Å². The second kappa shape index (κ2) is 8.95. The highest BCUT2D eigenvalue weighted by molar-refractivity contribution is 5.46. The number of nitrogens with two attached hydrogens (primary N) is 1. The summed E-state index contributed by atoms with van der Waals surface area (Å²) in [5, 5.41) is 9.16. The number of hydrogen-bond donors (Lipinski definition) is 1. The lowest BCUT2D eigenvalue weighted by molar-refractivity contribution is -0.275. The molecule has 2 atom stereocenters. The molecule has 2 bridgehead atoms. The number of rotatable bonds is 6. The number of aryl methyl sites for hydroxylation is 1. The van der Waals surface area contributed by atoms with E-state index in [1.807, 2.05) is 26.8 Å². The van der Waals surface area contributed by atoms with Crippen LogP contribution in [-0.2, 0) is 0 Å². The average molecular weight is 510 g/mol. The summed E-state index contributed by atoms with van der Waals surface area (Å²) in [7, 11) is 0. The second-order valence-corrected chi connectivity index (χ2v) is 9.61. The molecular weight excluding hydrogens is 482 g/mol. The first-order valence-electron chi connectivity index (χ1n) is 11.8. The molecule has 2 aromatic heterocycles. The fourth-order valence-corrected chi connectivity index (χ4v) is 4.96. The van der Waals surface area contributed by atoms with Crippen molar-refractivity contribution in [2.75, 3.05) is 18.0 Å². The van der Waals surface area contributed by atoms with Crippen molar-refractivity contribution in [2.45, 2.75) is 52.1 Å². The minimum Gasteiger partial charge on any atom is -0.424 e. The lowest BCUT2D eigenvalue weighted by atomic mass is 9.93. The first-order chi connectivity index (χ1) is 17.0. The molecule has 0 amide bonds. The van der Waals surface area contributed by atoms with E-state index in [0.717, 1.165) is 49.6 Å². The molecule has 2 unspecified atom stereocenters. The van der Waals surface area contributed by atoms with Crippen LogP contribution in [0.3, 0.4) is 0 Å². The minimum atomic E-state index is -5.01. The number of anilines is 1. The molecule has 5 rings (SSSR count). The van der Waals surface area contributed by atoms with Crippen molar-refractivity contribution in [3.05, 3.63) is 35.8 Å². The number of nitrogens with zero attached hydrogens (tertiary/aromatic N) is 6. The lowest BCUT2D eigenvalue weighted by Crippen LogP contribution is -2.49. The highest BCUT2D eigenvalue weighted by Crippen LogP contribution is 2.38. The number of aromatic nitrogens is 5. The van der Waals surface area contributed by atoms with Gasteiger partial charge in [0.1, 0.15) is 11.6 Å². The quantitative estimate of drug-likeness (QED) is 0.494. The maximum absolute atomic E-state index is 14.2.